The van der Waals surface area contributed by atoms with Gasteiger partial charge >= 0.3 is 0 Å². The van der Waals surface area contributed by atoms with Gasteiger partial charge in [0.1, 0.15) is 0 Å². The third kappa shape index (κ3) is 2.96. The quantitative estimate of drug-likeness (QED) is 0.764. The third-order valence-corrected chi connectivity index (χ3v) is 5.22. The lowest BCUT2D eigenvalue weighted by molar-refractivity contribution is 0.0877. The molecule has 1 N–H and O–H groups in total. The Balaban J connectivity index is 1.51. The minimum Gasteiger partial charge on any atom is -0.350 e. The van der Waals surface area contributed by atoms with Gasteiger partial charge in [0, 0.05) is 44.6 Å². The second-order valence-electron chi connectivity index (χ2n) is 6.85. The number of hydrogen-bond acceptors (Lipinski definition) is 5. The number of amides is 1. The second kappa shape index (κ2) is 6.87. The number of fused-ring (bicyclic) bond motifs is 1. The van der Waals surface area contributed by atoms with Gasteiger partial charge in [0.05, 0.1) is 11.7 Å². The maximum atomic E-state index is 12.7. The molecule has 3 aromatic heterocycles. The van der Waals surface area contributed by atoms with Crippen LogP contribution in [0.1, 0.15) is 35.1 Å². The van der Waals surface area contributed by atoms with Crippen molar-refractivity contribution in [2.75, 3.05) is 20.1 Å². The highest BCUT2D eigenvalue weighted by Gasteiger charge is 2.32. The molecule has 0 saturated carbocycles. The van der Waals surface area contributed by atoms with E-state index < -0.39 is 0 Å². The summed E-state index contributed by atoms with van der Waals surface area (Å²) in [5, 5.41) is 7.38. The summed E-state index contributed by atoms with van der Waals surface area (Å²) in [6.45, 7) is 1.65. The van der Waals surface area contributed by atoms with Gasteiger partial charge in [0.2, 0.25) is 0 Å². The molecule has 3 aromatic rings. The van der Waals surface area contributed by atoms with Crippen LogP contribution in [0.15, 0.2) is 37.1 Å². The molecule has 26 heavy (non-hydrogen) atoms. The highest BCUT2D eigenvalue weighted by atomic mass is 16.1. The van der Waals surface area contributed by atoms with Crippen molar-refractivity contribution in [3.05, 3.63) is 48.4 Å². The molecule has 8 heteroatoms. The Kier molecular flexibility index (Phi) is 4.42. The van der Waals surface area contributed by atoms with E-state index in [0.29, 0.717) is 23.8 Å². The molecule has 0 unspecified atom stereocenters. The van der Waals surface area contributed by atoms with E-state index >= 15 is 0 Å². The normalized spacial score (nSPS) is 21.2. The van der Waals surface area contributed by atoms with E-state index in [4.69, 9.17) is 0 Å². The van der Waals surface area contributed by atoms with Gasteiger partial charge in [-0.25, -0.2) is 9.97 Å². The van der Waals surface area contributed by atoms with E-state index in [2.05, 4.69) is 38.4 Å². The van der Waals surface area contributed by atoms with Gasteiger partial charge in [-0.2, -0.15) is 5.10 Å². The van der Waals surface area contributed by atoms with E-state index in [1.807, 2.05) is 24.1 Å². The first kappa shape index (κ1) is 16.7. The number of rotatable bonds is 4. The number of aryl methyl sites for hydroxylation is 1. The number of likely N-dealkylation sites (tertiary alicyclic amines) is 1. The predicted octanol–water partition coefficient (Wildman–Crippen LogP) is 1.28. The Morgan fingerprint density at radius 2 is 2.04 bits per heavy atom. The first-order valence-electron chi connectivity index (χ1n) is 8.89. The van der Waals surface area contributed by atoms with Crippen molar-refractivity contribution < 1.29 is 4.79 Å². The van der Waals surface area contributed by atoms with Crippen LogP contribution >= 0.6 is 0 Å². The fourth-order valence-electron chi connectivity index (χ4n) is 3.94. The Labute approximate surface area is 151 Å². The molecule has 1 saturated heterocycles. The number of imidazole rings is 1. The zero-order chi connectivity index (χ0) is 18.1. The summed E-state index contributed by atoms with van der Waals surface area (Å²) in [4.78, 5) is 23.5. The SMILES string of the molecule is CN1CCC[C@@H](CNC(=O)c2nccn3ccnc23)[C@@H]1c1ccnn1C. The molecule has 1 amide bonds. The Hall–Kier alpha value is -2.74. The molecule has 4 heterocycles. The molecule has 1 aliphatic rings. The van der Waals surface area contributed by atoms with E-state index in [9.17, 15) is 4.79 Å². The Bertz CT molecular complexity index is 915. The summed E-state index contributed by atoms with van der Waals surface area (Å²) in [5.74, 6) is 0.145. The summed E-state index contributed by atoms with van der Waals surface area (Å²) < 4.78 is 3.73. The van der Waals surface area contributed by atoms with Crippen LogP contribution in [0.3, 0.4) is 0 Å². The van der Waals surface area contributed by atoms with Gasteiger partial charge < -0.3 is 9.72 Å². The van der Waals surface area contributed by atoms with Crippen molar-refractivity contribution in [3.63, 3.8) is 0 Å². The van der Waals surface area contributed by atoms with E-state index in [1.165, 1.54) is 5.69 Å². The maximum Gasteiger partial charge on any atom is 0.273 e. The maximum absolute atomic E-state index is 12.7. The molecule has 0 aromatic carbocycles. The van der Waals surface area contributed by atoms with Crippen molar-refractivity contribution in [2.45, 2.75) is 18.9 Å². The largest absolute Gasteiger partial charge is 0.350 e. The second-order valence-corrected chi connectivity index (χ2v) is 6.85. The molecule has 1 fully saturated rings. The number of carbonyl (C=O) groups excluding carboxylic acids is 1. The first-order chi connectivity index (χ1) is 12.6. The Morgan fingerprint density at radius 1 is 1.23 bits per heavy atom. The van der Waals surface area contributed by atoms with Crippen LogP contribution in [0.25, 0.3) is 5.65 Å². The fraction of sp³-hybridized carbons (Fsp3) is 0.444. The summed E-state index contributed by atoms with van der Waals surface area (Å²) in [6, 6.07) is 2.31. The van der Waals surface area contributed by atoms with Gasteiger partial charge in [-0.3, -0.25) is 14.4 Å². The predicted molar refractivity (Wildman–Crippen MR) is 96.6 cm³/mol. The molecule has 0 bridgehead atoms. The van der Waals surface area contributed by atoms with Crippen molar-refractivity contribution in [1.82, 2.24) is 34.4 Å². The topological polar surface area (TPSA) is 80.3 Å². The molecule has 1 aliphatic heterocycles. The molecule has 0 radical (unpaired) electrons. The van der Waals surface area contributed by atoms with Gasteiger partial charge in [-0.15, -0.1) is 0 Å². The average Bonchev–Trinajstić information content (AvgIpc) is 3.28. The summed E-state index contributed by atoms with van der Waals surface area (Å²) in [7, 11) is 4.11. The molecular formula is C18H23N7O. The number of piperidine rings is 1. The molecule has 4 rings (SSSR count). The zero-order valence-corrected chi connectivity index (χ0v) is 15.0. The van der Waals surface area contributed by atoms with Gasteiger partial charge in [0.25, 0.3) is 5.91 Å². The Morgan fingerprint density at radius 3 is 2.81 bits per heavy atom. The van der Waals surface area contributed by atoms with Crippen LogP contribution in [-0.2, 0) is 7.05 Å². The summed E-state index contributed by atoms with van der Waals surface area (Å²) in [5.41, 5.74) is 2.12. The van der Waals surface area contributed by atoms with E-state index in [-0.39, 0.29) is 11.9 Å². The number of aromatic nitrogens is 5. The lowest BCUT2D eigenvalue weighted by Crippen LogP contribution is -2.42. The number of carbonyl (C=O) groups is 1. The molecule has 2 atom stereocenters. The monoisotopic (exact) mass is 353 g/mol. The summed E-state index contributed by atoms with van der Waals surface area (Å²) >= 11 is 0. The van der Waals surface area contributed by atoms with Crippen LogP contribution < -0.4 is 5.32 Å². The van der Waals surface area contributed by atoms with Crippen LogP contribution in [-0.4, -0.2) is 55.1 Å². The number of hydrogen-bond donors (Lipinski definition) is 1. The summed E-state index contributed by atoms with van der Waals surface area (Å²) in [6.07, 6.45) is 10.9. The third-order valence-electron chi connectivity index (χ3n) is 5.22. The van der Waals surface area contributed by atoms with Crippen LogP contribution in [0.2, 0.25) is 0 Å². The fourth-order valence-corrected chi connectivity index (χ4v) is 3.94. The highest BCUT2D eigenvalue weighted by molar-refractivity contribution is 5.97. The van der Waals surface area contributed by atoms with Gasteiger partial charge in [-0.1, -0.05) is 0 Å². The van der Waals surface area contributed by atoms with Gasteiger partial charge in [-0.05, 0) is 38.4 Å². The molecular weight excluding hydrogens is 330 g/mol. The van der Waals surface area contributed by atoms with Crippen molar-refractivity contribution in [1.29, 1.82) is 0 Å². The minimum absolute atomic E-state index is 0.182. The van der Waals surface area contributed by atoms with Crippen molar-refractivity contribution in [3.8, 4) is 0 Å². The zero-order valence-electron chi connectivity index (χ0n) is 15.0. The molecule has 136 valence electrons. The van der Waals surface area contributed by atoms with Gasteiger partial charge in [0.15, 0.2) is 11.3 Å². The average molecular weight is 353 g/mol. The van der Waals surface area contributed by atoms with Crippen LogP contribution in [0.5, 0.6) is 0 Å². The molecule has 0 aliphatic carbocycles. The van der Waals surface area contributed by atoms with E-state index in [0.717, 1.165) is 19.4 Å². The smallest absolute Gasteiger partial charge is 0.273 e. The first-order valence-corrected chi connectivity index (χ1v) is 8.89. The lowest BCUT2D eigenvalue weighted by Gasteiger charge is -2.39. The number of nitrogens with one attached hydrogen (secondary N) is 1. The van der Waals surface area contributed by atoms with Crippen LogP contribution in [0.4, 0.5) is 0 Å². The van der Waals surface area contributed by atoms with Crippen molar-refractivity contribution >= 4 is 11.6 Å². The van der Waals surface area contributed by atoms with E-state index in [1.54, 1.807) is 23.0 Å². The highest BCUT2D eigenvalue weighted by Crippen LogP contribution is 2.34. The molecule has 8 nitrogen and oxygen atoms in total. The minimum atomic E-state index is -0.182. The standard InChI is InChI=1S/C18H23N7O/c1-23-9-3-4-13(16(23)14-5-6-22-24(14)2)12-21-18(26)15-17-20-8-11-25(17)10-7-19-15/h5-8,10-11,13,16H,3-4,9,12H2,1-2H3,(H,21,26)/t13-,16+/m0/s1. The number of nitrogens with zero attached hydrogens (tertiary/aromatic N) is 6. The van der Waals surface area contributed by atoms with Crippen molar-refractivity contribution in [2.24, 2.45) is 13.0 Å². The molecule has 0 spiro atoms. The van der Waals surface area contributed by atoms with Crippen LogP contribution in [0, 0.1) is 5.92 Å². The lowest BCUT2D eigenvalue weighted by atomic mass is 9.87.